The second kappa shape index (κ2) is 3.69. The monoisotopic (exact) mass is 159 g/mol. The topological polar surface area (TPSA) is 49.8 Å². The SMILES string of the molecule is CN1CCO[C@@H](CC(=O)O)C1. The van der Waals surface area contributed by atoms with Gasteiger partial charge in [-0.05, 0) is 7.05 Å². The molecule has 0 bridgehead atoms. The van der Waals surface area contributed by atoms with E-state index in [0.29, 0.717) is 6.61 Å². The lowest BCUT2D eigenvalue weighted by atomic mass is 10.2. The number of hydrogen-bond acceptors (Lipinski definition) is 3. The Morgan fingerprint density at radius 3 is 3.09 bits per heavy atom. The number of likely N-dealkylation sites (N-methyl/N-ethyl adjacent to an activating group) is 1. The Kier molecular flexibility index (Phi) is 2.84. The van der Waals surface area contributed by atoms with Gasteiger partial charge in [-0.3, -0.25) is 4.79 Å². The van der Waals surface area contributed by atoms with Crippen molar-refractivity contribution in [3.8, 4) is 0 Å². The molecular formula is C7H13NO3. The molecule has 0 unspecified atom stereocenters. The molecular weight excluding hydrogens is 146 g/mol. The molecule has 0 aromatic heterocycles. The summed E-state index contributed by atoms with van der Waals surface area (Å²) in [7, 11) is 1.97. The first-order valence-electron chi connectivity index (χ1n) is 3.70. The smallest absolute Gasteiger partial charge is 0.306 e. The largest absolute Gasteiger partial charge is 0.481 e. The van der Waals surface area contributed by atoms with Crippen LogP contribution in [0.15, 0.2) is 0 Å². The fourth-order valence-corrected chi connectivity index (χ4v) is 1.19. The number of aliphatic carboxylic acids is 1. The molecule has 1 N–H and O–H groups in total. The molecule has 0 aromatic carbocycles. The number of carboxylic acid groups (broad SMARTS) is 1. The maximum Gasteiger partial charge on any atom is 0.306 e. The van der Waals surface area contributed by atoms with Crippen molar-refractivity contribution in [3.63, 3.8) is 0 Å². The van der Waals surface area contributed by atoms with Crippen molar-refractivity contribution < 1.29 is 14.6 Å². The van der Waals surface area contributed by atoms with E-state index in [1.54, 1.807) is 0 Å². The first-order valence-corrected chi connectivity index (χ1v) is 3.70. The maximum absolute atomic E-state index is 10.3. The van der Waals surface area contributed by atoms with Crippen molar-refractivity contribution in [2.24, 2.45) is 0 Å². The first kappa shape index (κ1) is 8.49. The number of nitrogens with zero attached hydrogens (tertiary/aromatic N) is 1. The summed E-state index contributed by atoms with van der Waals surface area (Å²) in [5.41, 5.74) is 0. The van der Waals surface area contributed by atoms with E-state index in [0.717, 1.165) is 13.1 Å². The van der Waals surface area contributed by atoms with E-state index in [4.69, 9.17) is 9.84 Å². The van der Waals surface area contributed by atoms with Crippen LogP contribution in [0, 0.1) is 0 Å². The van der Waals surface area contributed by atoms with Crippen LogP contribution < -0.4 is 0 Å². The summed E-state index contributed by atoms with van der Waals surface area (Å²) in [6, 6.07) is 0. The molecule has 0 saturated carbocycles. The molecule has 1 saturated heterocycles. The third-order valence-corrected chi connectivity index (χ3v) is 1.74. The van der Waals surface area contributed by atoms with Gasteiger partial charge in [0.2, 0.25) is 0 Å². The maximum atomic E-state index is 10.3. The number of hydrogen-bond donors (Lipinski definition) is 1. The van der Waals surface area contributed by atoms with Crippen LogP contribution in [0.5, 0.6) is 0 Å². The predicted molar refractivity (Wildman–Crippen MR) is 39.5 cm³/mol. The van der Waals surface area contributed by atoms with Crippen LogP contribution in [0.4, 0.5) is 0 Å². The molecule has 1 atom stereocenters. The van der Waals surface area contributed by atoms with Gasteiger partial charge in [-0.1, -0.05) is 0 Å². The van der Waals surface area contributed by atoms with Gasteiger partial charge in [0.1, 0.15) is 0 Å². The molecule has 4 heteroatoms. The summed E-state index contributed by atoms with van der Waals surface area (Å²) in [6.45, 7) is 2.27. The van der Waals surface area contributed by atoms with Gasteiger partial charge in [0.05, 0.1) is 19.1 Å². The summed E-state index contributed by atoms with van der Waals surface area (Å²) in [4.78, 5) is 12.4. The van der Waals surface area contributed by atoms with Crippen molar-refractivity contribution in [2.45, 2.75) is 12.5 Å². The molecule has 1 aliphatic heterocycles. The Hall–Kier alpha value is -0.610. The number of rotatable bonds is 2. The van der Waals surface area contributed by atoms with Crippen molar-refractivity contribution >= 4 is 5.97 Å². The summed E-state index contributed by atoms with van der Waals surface area (Å²) in [5.74, 6) is -0.787. The molecule has 4 nitrogen and oxygen atoms in total. The molecule has 0 aliphatic carbocycles. The highest BCUT2D eigenvalue weighted by atomic mass is 16.5. The fourth-order valence-electron chi connectivity index (χ4n) is 1.19. The third-order valence-electron chi connectivity index (χ3n) is 1.74. The number of carboxylic acids is 1. The fraction of sp³-hybridized carbons (Fsp3) is 0.857. The molecule has 0 aromatic rings. The molecule has 1 heterocycles. The van der Waals surface area contributed by atoms with Gasteiger partial charge in [0.25, 0.3) is 0 Å². The summed E-state index contributed by atoms with van der Waals surface area (Å²) >= 11 is 0. The minimum atomic E-state index is -0.787. The second-order valence-electron chi connectivity index (χ2n) is 2.85. The van der Waals surface area contributed by atoms with Crippen molar-refractivity contribution in [3.05, 3.63) is 0 Å². The number of ether oxygens (including phenoxy) is 1. The highest BCUT2D eigenvalue weighted by molar-refractivity contribution is 5.67. The summed E-state index contributed by atoms with van der Waals surface area (Å²) < 4.78 is 5.24. The zero-order valence-corrected chi connectivity index (χ0v) is 6.62. The van der Waals surface area contributed by atoms with Crippen LogP contribution in [0.3, 0.4) is 0 Å². The standard InChI is InChI=1S/C7H13NO3/c1-8-2-3-11-6(5-8)4-7(9)10/h6H,2-5H2,1H3,(H,9,10)/t6-/m0/s1. The lowest BCUT2D eigenvalue weighted by Gasteiger charge is -2.28. The van der Waals surface area contributed by atoms with E-state index < -0.39 is 5.97 Å². The minimum absolute atomic E-state index is 0.115. The molecule has 1 rings (SSSR count). The van der Waals surface area contributed by atoms with Gasteiger partial charge in [-0.2, -0.15) is 0 Å². The Morgan fingerprint density at radius 2 is 2.55 bits per heavy atom. The van der Waals surface area contributed by atoms with E-state index >= 15 is 0 Å². The van der Waals surface area contributed by atoms with E-state index in [1.165, 1.54) is 0 Å². The normalized spacial score (nSPS) is 26.8. The quantitative estimate of drug-likeness (QED) is 0.605. The van der Waals surface area contributed by atoms with Crippen LogP contribution in [0.1, 0.15) is 6.42 Å². The highest BCUT2D eigenvalue weighted by Gasteiger charge is 2.19. The number of morpholine rings is 1. The van der Waals surface area contributed by atoms with Gasteiger partial charge < -0.3 is 14.7 Å². The Bertz CT molecular complexity index is 149. The van der Waals surface area contributed by atoms with E-state index in [9.17, 15) is 4.79 Å². The summed E-state index contributed by atoms with van der Waals surface area (Å²) in [6.07, 6.45) is -0.00380. The molecule has 0 spiro atoms. The molecule has 0 amide bonds. The Morgan fingerprint density at radius 1 is 1.82 bits per heavy atom. The van der Waals surface area contributed by atoms with Gasteiger partial charge >= 0.3 is 5.97 Å². The Labute approximate surface area is 65.8 Å². The molecule has 0 radical (unpaired) electrons. The lowest BCUT2D eigenvalue weighted by molar-refractivity contribution is -0.141. The van der Waals surface area contributed by atoms with Crippen molar-refractivity contribution in [1.82, 2.24) is 4.90 Å². The van der Waals surface area contributed by atoms with Crippen molar-refractivity contribution in [2.75, 3.05) is 26.7 Å². The average Bonchev–Trinajstić information content (AvgIpc) is 1.85. The first-order chi connectivity index (χ1) is 5.18. The molecule has 64 valence electrons. The van der Waals surface area contributed by atoms with Gasteiger partial charge in [0.15, 0.2) is 0 Å². The minimum Gasteiger partial charge on any atom is -0.481 e. The van der Waals surface area contributed by atoms with E-state index in [-0.39, 0.29) is 12.5 Å². The zero-order valence-electron chi connectivity index (χ0n) is 6.62. The zero-order chi connectivity index (χ0) is 8.27. The van der Waals surface area contributed by atoms with E-state index in [2.05, 4.69) is 4.90 Å². The molecule has 11 heavy (non-hydrogen) atoms. The highest BCUT2D eigenvalue weighted by Crippen LogP contribution is 2.06. The second-order valence-corrected chi connectivity index (χ2v) is 2.85. The van der Waals surface area contributed by atoms with Gasteiger partial charge in [-0.15, -0.1) is 0 Å². The summed E-state index contributed by atoms with van der Waals surface area (Å²) in [5, 5.41) is 8.45. The van der Waals surface area contributed by atoms with Crippen LogP contribution >= 0.6 is 0 Å². The van der Waals surface area contributed by atoms with Crippen molar-refractivity contribution in [1.29, 1.82) is 0 Å². The average molecular weight is 159 g/mol. The van der Waals surface area contributed by atoms with Crippen LogP contribution in [0.25, 0.3) is 0 Å². The van der Waals surface area contributed by atoms with Gasteiger partial charge in [-0.25, -0.2) is 0 Å². The van der Waals surface area contributed by atoms with Crippen LogP contribution in [-0.2, 0) is 9.53 Å². The van der Waals surface area contributed by atoms with Crippen LogP contribution in [-0.4, -0.2) is 48.8 Å². The van der Waals surface area contributed by atoms with Crippen LogP contribution in [0.2, 0.25) is 0 Å². The predicted octanol–water partition coefficient (Wildman–Crippen LogP) is -0.208. The molecule has 1 aliphatic rings. The third kappa shape index (κ3) is 2.86. The Balaban J connectivity index is 2.28. The number of carbonyl (C=O) groups is 1. The van der Waals surface area contributed by atoms with Gasteiger partial charge in [0, 0.05) is 13.1 Å². The van der Waals surface area contributed by atoms with E-state index in [1.807, 2.05) is 7.05 Å². The lowest BCUT2D eigenvalue weighted by Crippen LogP contribution is -2.40. The molecule has 1 fully saturated rings.